The zero-order chi connectivity index (χ0) is 19.6. The molecule has 1 atom stereocenters. The molecule has 5 nitrogen and oxygen atoms in total. The molecule has 0 saturated heterocycles. The van der Waals surface area contributed by atoms with E-state index in [-0.39, 0.29) is 18.6 Å². The van der Waals surface area contributed by atoms with Crippen LogP contribution in [0.3, 0.4) is 0 Å². The second-order valence-corrected chi connectivity index (χ2v) is 6.27. The predicted molar refractivity (Wildman–Crippen MR) is 108 cm³/mol. The first-order chi connectivity index (χ1) is 13.8. The summed E-state index contributed by atoms with van der Waals surface area (Å²) in [4.78, 5) is 16.9. The first-order valence-corrected chi connectivity index (χ1v) is 9.37. The number of aromatic nitrogens is 1. The number of rotatable bonds is 9. The Balaban J connectivity index is 1.61. The van der Waals surface area contributed by atoms with Crippen molar-refractivity contribution in [2.24, 2.45) is 0 Å². The van der Waals surface area contributed by atoms with Crippen molar-refractivity contribution in [2.75, 3.05) is 13.2 Å². The van der Waals surface area contributed by atoms with Crippen molar-refractivity contribution < 1.29 is 14.3 Å². The van der Waals surface area contributed by atoms with E-state index >= 15 is 0 Å². The highest BCUT2D eigenvalue weighted by Gasteiger charge is 2.18. The minimum atomic E-state index is -0.330. The number of amides is 1. The Kier molecular flexibility index (Phi) is 7.01. The van der Waals surface area contributed by atoms with Crippen molar-refractivity contribution in [3.05, 3.63) is 90.3 Å². The average Bonchev–Trinajstić information content (AvgIpc) is 2.76. The Hall–Kier alpha value is -3.34. The molecule has 5 heteroatoms. The standard InChI is InChI=1S/C23H24N2O3/c1-2-16-27-19-11-13-20(14-12-19)28-17-22(26)25-23(18-8-4-3-5-9-18)21-10-6-7-15-24-21/h3-15,23H,2,16-17H2,1H3,(H,25,26). The number of hydrogen-bond donors (Lipinski definition) is 1. The van der Waals surface area contributed by atoms with Gasteiger partial charge >= 0.3 is 0 Å². The molecule has 1 N–H and O–H groups in total. The fraction of sp³-hybridized carbons (Fsp3) is 0.217. The van der Waals surface area contributed by atoms with Crippen LogP contribution in [0.15, 0.2) is 79.0 Å². The zero-order valence-corrected chi connectivity index (χ0v) is 15.9. The molecular formula is C23H24N2O3. The molecule has 1 amide bonds. The highest BCUT2D eigenvalue weighted by atomic mass is 16.5. The van der Waals surface area contributed by atoms with Crippen LogP contribution in [0, 0.1) is 0 Å². The number of carbonyl (C=O) groups excluding carboxylic acids is 1. The van der Waals surface area contributed by atoms with Gasteiger partial charge in [0.05, 0.1) is 18.3 Å². The van der Waals surface area contributed by atoms with E-state index in [0.717, 1.165) is 23.4 Å². The molecule has 3 rings (SSSR count). The monoisotopic (exact) mass is 376 g/mol. The average molecular weight is 376 g/mol. The molecule has 0 fully saturated rings. The largest absolute Gasteiger partial charge is 0.494 e. The van der Waals surface area contributed by atoms with Crippen molar-refractivity contribution in [2.45, 2.75) is 19.4 Å². The van der Waals surface area contributed by atoms with Gasteiger partial charge in [0.1, 0.15) is 11.5 Å². The Morgan fingerprint density at radius 3 is 2.25 bits per heavy atom. The lowest BCUT2D eigenvalue weighted by Crippen LogP contribution is -2.33. The summed E-state index contributed by atoms with van der Waals surface area (Å²) in [5, 5.41) is 3.01. The second kappa shape index (κ2) is 10.1. The molecule has 1 heterocycles. The highest BCUT2D eigenvalue weighted by molar-refractivity contribution is 5.78. The van der Waals surface area contributed by atoms with E-state index in [1.807, 2.05) is 60.7 Å². The summed E-state index contributed by atoms with van der Waals surface area (Å²) in [6.45, 7) is 2.66. The summed E-state index contributed by atoms with van der Waals surface area (Å²) >= 11 is 0. The van der Waals surface area contributed by atoms with Gasteiger partial charge in [-0.05, 0) is 48.4 Å². The lowest BCUT2D eigenvalue weighted by Gasteiger charge is -2.19. The summed E-state index contributed by atoms with van der Waals surface area (Å²) < 4.78 is 11.2. The summed E-state index contributed by atoms with van der Waals surface area (Å²) in [6.07, 6.45) is 2.67. The molecule has 28 heavy (non-hydrogen) atoms. The van der Waals surface area contributed by atoms with Gasteiger partial charge in [-0.2, -0.15) is 0 Å². The molecular weight excluding hydrogens is 352 g/mol. The minimum absolute atomic E-state index is 0.0780. The topological polar surface area (TPSA) is 60.5 Å². The number of nitrogens with one attached hydrogen (secondary N) is 1. The Morgan fingerprint density at radius 2 is 1.61 bits per heavy atom. The number of ether oxygens (including phenoxy) is 2. The molecule has 0 aliphatic rings. The zero-order valence-electron chi connectivity index (χ0n) is 15.9. The van der Waals surface area contributed by atoms with Crippen molar-refractivity contribution in [3.8, 4) is 11.5 Å². The van der Waals surface area contributed by atoms with Crippen molar-refractivity contribution in [3.63, 3.8) is 0 Å². The van der Waals surface area contributed by atoms with E-state index in [9.17, 15) is 4.79 Å². The number of carbonyl (C=O) groups is 1. The molecule has 0 aliphatic carbocycles. The third-order valence-electron chi connectivity index (χ3n) is 4.09. The van der Waals surface area contributed by atoms with Gasteiger partial charge in [0.15, 0.2) is 6.61 Å². The van der Waals surface area contributed by atoms with E-state index in [1.165, 1.54) is 0 Å². The normalized spacial score (nSPS) is 11.5. The van der Waals surface area contributed by atoms with Crippen LogP contribution in [-0.2, 0) is 4.79 Å². The van der Waals surface area contributed by atoms with Crippen LogP contribution in [0.1, 0.15) is 30.6 Å². The fourth-order valence-electron chi connectivity index (χ4n) is 2.72. The van der Waals surface area contributed by atoms with Gasteiger partial charge in [0, 0.05) is 6.20 Å². The van der Waals surface area contributed by atoms with Crippen LogP contribution in [0.2, 0.25) is 0 Å². The Bertz CT molecular complexity index is 813. The van der Waals surface area contributed by atoms with E-state index in [4.69, 9.17) is 9.47 Å². The first-order valence-electron chi connectivity index (χ1n) is 9.37. The Morgan fingerprint density at radius 1 is 0.929 bits per heavy atom. The maximum absolute atomic E-state index is 12.5. The molecule has 1 unspecified atom stereocenters. The predicted octanol–water partition coefficient (Wildman–Crippen LogP) is 4.16. The third kappa shape index (κ3) is 5.58. The smallest absolute Gasteiger partial charge is 0.258 e. The molecule has 0 saturated carbocycles. The maximum atomic E-state index is 12.5. The summed E-state index contributed by atoms with van der Waals surface area (Å²) in [5.41, 5.74) is 1.74. The van der Waals surface area contributed by atoms with Crippen molar-refractivity contribution >= 4 is 5.91 Å². The van der Waals surface area contributed by atoms with Gasteiger partial charge < -0.3 is 14.8 Å². The van der Waals surface area contributed by atoms with Gasteiger partial charge in [-0.15, -0.1) is 0 Å². The van der Waals surface area contributed by atoms with Crippen LogP contribution in [0.25, 0.3) is 0 Å². The summed E-state index contributed by atoms with van der Waals surface area (Å²) in [5.74, 6) is 1.19. The molecule has 3 aromatic rings. The van der Waals surface area contributed by atoms with Gasteiger partial charge in [0.25, 0.3) is 5.91 Å². The summed E-state index contributed by atoms with van der Waals surface area (Å²) in [7, 11) is 0. The molecule has 1 aromatic heterocycles. The first kappa shape index (κ1) is 19.4. The molecule has 2 aromatic carbocycles. The van der Waals surface area contributed by atoms with E-state index in [1.54, 1.807) is 18.3 Å². The van der Waals surface area contributed by atoms with E-state index < -0.39 is 0 Å². The van der Waals surface area contributed by atoms with Crippen LogP contribution in [0.4, 0.5) is 0 Å². The van der Waals surface area contributed by atoms with Crippen molar-refractivity contribution in [1.82, 2.24) is 10.3 Å². The van der Waals surface area contributed by atoms with Gasteiger partial charge in [0.2, 0.25) is 0 Å². The lowest BCUT2D eigenvalue weighted by atomic mass is 10.0. The maximum Gasteiger partial charge on any atom is 0.258 e. The summed E-state index contributed by atoms with van der Waals surface area (Å²) in [6, 6.07) is 22.4. The lowest BCUT2D eigenvalue weighted by molar-refractivity contribution is -0.123. The van der Waals surface area contributed by atoms with Crippen LogP contribution in [0.5, 0.6) is 11.5 Å². The van der Waals surface area contributed by atoms with E-state index in [2.05, 4.69) is 17.2 Å². The molecule has 0 radical (unpaired) electrons. The molecule has 0 aliphatic heterocycles. The van der Waals surface area contributed by atoms with Gasteiger partial charge in [-0.3, -0.25) is 9.78 Å². The minimum Gasteiger partial charge on any atom is -0.494 e. The second-order valence-electron chi connectivity index (χ2n) is 6.27. The number of hydrogen-bond acceptors (Lipinski definition) is 4. The number of nitrogens with zero attached hydrogens (tertiary/aromatic N) is 1. The quantitative estimate of drug-likeness (QED) is 0.609. The van der Waals surface area contributed by atoms with E-state index in [0.29, 0.717) is 12.4 Å². The van der Waals surface area contributed by atoms with Crippen LogP contribution >= 0.6 is 0 Å². The molecule has 0 bridgehead atoms. The third-order valence-corrected chi connectivity index (χ3v) is 4.09. The molecule has 144 valence electrons. The highest BCUT2D eigenvalue weighted by Crippen LogP contribution is 2.20. The fourth-order valence-corrected chi connectivity index (χ4v) is 2.72. The van der Waals surface area contributed by atoms with Crippen LogP contribution < -0.4 is 14.8 Å². The SMILES string of the molecule is CCCOc1ccc(OCC(=O)NC(c2ccccc2)c2ccccn2)cc1. The number of pyridine rings is 1. The molecule has 0 spiro atoms. The Labute approximate surface area is 165 Å². The van der Waals surface area contributed by atoms with Gasteiger partial charge in [-0.25, -0.2) is 0 Å². The number of benzene rings is 2. The van der Waals surface area contributed by atoms with Gasteiger partial charge in [-0.1, -0.05) is 43.3 Å². The van der Waals surface area contributed by atoms with Crippen molar-refractivity contribution in [1.29, 1.82) is 0 Å². The van der Waals surface area contributed by atoms with Crippen LogP contribution in [-0.4, -0.2) is 24.1 Å².